The van der Waals surface area contributed by atoms with E-state index in [2.05, 4.69) is 18.8 Å². The standard InChI is InChI=1S/C23H25NO4/c1-15(2)14-26-19-11-7-18(8-12-19)22-24-21(23(25)28-22)13-17-5-9-20(10-6-17)27-16(3)4/h5-13,15-16H,14H2,1-4H3/b21-13-. The summed E-state index contributed by atoms with van der Waals surface area (Å²) in [5.41, 5.74) is 1.85. The van der Waals surface area contributed by atoms with Gasteiger partial charge in [0.2, 0.25) is 5.90 Å². The van der Waals surface area contributed by atoms with Gasteiger partial charge >= 0.3 is 5.97 Å². The van der Waals surface area contributed by atoms with Crippen molar-refractivity contribution in [2.45, 2.75) is 33.8 Å². The lowest BCUT2D eigenvalue weighted by Gasteiger charge is -2.09. The number of hydrogen-bond acceptors (Lipinski definition) is 5. The first-order valence-electron chi connectivity index (χ1n) is 9.43. The number of rotatable bonds is 7. The Morgan fingerprint density at radius 1 is 0.964 bits per heavy atom. The largest absolute Gasteiger partial charge is 0.493 e. The van der Waals surface area contributed by atoms with Gasteiger partial charge in [0.1, 0.15) is 11.5 Å². The first kappa shape index (κ1) is 19.7. The topological polar surface area (TPSA) is 57.1 Å². The molecule has 1 heterocycles. The van der Waals surface area contributed by atoms with Crippen molar-refractivity contribution in [2.24, 2.45) is 10.9 Å². The van der Waals surface area contributed by atoms with Crippen LogP contribution in [0.25, 0.3) is 6.08 Å². The lowest BCUT2D eigenvalue weighted by molar-refractivity contribution is -0.129. The third kappa shape index (κ3) is 5.22. The van der Waals surface area contributed by atoms with Crippen molar-refractivity contribution < 1.29 is 19.0 Å². The van der Waals surface area contributed by atoms with Crippen LogP contribution in [0.2, 0.25) is 0 Å². The van der Waals surface area contributed by atoms with Gasteiger partial charge in [-0.3, -0.25) is 0 Å². The van der Waals surface area contributed by atoms with Crippen LogP contribution in [0.1, 0.15) is 38.8 Å². The molecule has 5 nitrogen and oxygen atoms in total. The molecule has 1 aliphatic rings. The van der Waals surface area contributed by atoms with Crippen molar-refractivity contribution in [3.8, 4) is 11.5 Å². The normalized spacial score (nSPS) is 15.1. The number of cyclic esters (lactones) is 1. The highest BCUT2D eigenvalue weighted by molar-refractivity contribution is 6.12. The predicted octanol–water partition coefficient (Wildman–Crippen LogP) is 4.85. The summed E-state index contributed by atoms with van der Waals surface area (Å²) < 4.78 is 16.6. The SMILES string of the molecule is CC(C)COc1ccc(C2=N/C(=C\c3ccc(OC(C)C)cc3)C(=O)O2)cc1. The molecule has 0 fully saturated rings. The summed E-state index contributed by atoms with van der Waals surface area (Å²) in [6.07, 6.45) is 1.82. The van der Waals surface area contributed by atoms with E-state index >= 15 is 0 Å². The Hall–Kier alpha value is -3.08. The molecule has 28 heavy (non-hydrogen) atoms. The van der Waals surface area contributed by atoms with Gasteiger partial charge < -0.3 is 14.2 Å². The van der Waals surface area contributed by atoms with Crippen LogP contribution >= 0.6 is 0 Å². The fourth-order valence-corrected chi connectivity index (χ4v) is 2.56. The highest BCUT2D eigenvalue weighted by Gasteiger charge is 2.24. The summed E-state index contributed by atoms with van der Waals surface area (Å²) in [4.78, 5) is 16.5. The molecule has 0 saturated carbocycles. The fourth-order valence-electron chi connectivity index (χ4n) is 2.56. The molecule has 3 rings (SSSR count). The smallest absolute Gasteiger partial charge is 0.363 e. The second-order valence-corrected chi connectivity index (χ2v) is 7.30. The summed E-state index contributed by atoms with van der Waals surface area (Å²) >= 11 is 0. The summed E-state index contributed by atoms with van der Waals surface area (Å²) in [7, 11) is 0. The Labute approximate surface area is 165 Å². The van der Waals surface area contributed by atoms with E-state index in [1.54, 1.807) is 6.08 Å². The number of ether oxygens (including phenoxy) is 3. The maximum absolute atomic E-state index is 12.2. The van der Waals surface area contributed by atoms with E-state index in [9.17, 15) is 4.79 Å². The molecule has 0 spiro atoms. The third-order valence-electron chi connectivity index (χ3n) is 3.86. The molecule has 0 unspecified atom stereocenters. The van der Waals surface area contributed by atoms with Crippen molar-refractivity contribution in [2.75, 3.05) is 6.61 Å². The molecule has 0 N–H and O–H groups in total. The molecule has 0 saturated heterocycles. The Kier molecular flexibility index (Phi) is 6.14. The average molecular weight is 379 g/mol. The minimum atomic E-state index is -0.461. The van der Waals surface area contributed by atoms with Crippen LogP contribution in [0.15, 0.2) is 59.2 Å². The third-order valence-corrected chi connectivity index (χ3v) is 3.86. The molecule has 0 aliphatic carbocycles. The van der Waals surface area contributed by atoms with Crippen LogP contribution in [0.4, 0.5) is 0 Å². The van der Waals surface area contributed by atoms with Gasteiger partial charge in [-0.1, -0.05) is 26.0 Å². The highest BCUT2D eigenvalue weighted by Crippen LogP contribution is 2.22. The number of aliphatic imine (C=N–C) groups is 1. The van der Waals surface area contributed by atoms with E-state index in [-0.39, 0.29) is 11.8 Å². The second-order valence-electron chi connectivity index (χ2n) is 7.30. The van der Waals surface area contributed by atoms with Crippen molar-refractivity contribution in [3.05, 3.63) is 65.4 Å². The summed E-state index contributed by atoms with van der Waals surface area (Å²) in [5.74, 6) is 1.86. The first-order chi connectivity index (χ1) is 13.4. The molecule has 2 aromatic rings. The van der Waals surface area contributed by atoms with Crippen LogP contribution in [0, 0.1) is 5.92 Å². The van der Waals surface area contributed by atoms with Crippen molar-refractivity contribution in [1.82, 2.24) is 0 Å². The molecule has 1 aliphatic heterocycles. The number of carbonyl (C=O) groups excluding carboxylic acids is 1. The molecular weight excluding hydrogens is 354 g/mol. The number of esters is 1. The van der Waals surface area contributed by atoms with Gasteiger partial charge in [-0.15, -0.1) is 0 Å². The number of nitrogens with zero attached hydrogens (tertiary/aromatic N) is 1. The van der Waals surface area contributed by atoms with Gasteiger partial charge in [-0.25, -0.2) is 9.79 Å². The molecule has 0 radical (unpaired) electrons. The Balaban J connectivity index is 1.72. The maximum Gasteiger partial charge on any atom is 0.363 e. The average Bonchev–Trinajstić information content (AvgIpc) is 3.02. The number of carbonyl (C=O) groups is 1. The van der Waals surface area contributed by atoms with Crippen LogP contribution in [0.5, 0.6) is 11.5 Å². The second kappa shape index (κ2) is 8.74. The van der Waals surface area contributed by atoms with Crippen LogP contribution in [-0.2, 0) is 9.53 Å². The molecule has 0 aromatic heterocycles. The molecule has 5 heteroatoms. The lowest BCUT2D eigenvalue weighted by Crippen LogP contribution is -2.06. The highest BCUT2D eigenvalue weighted by atomic mass is 16.6. The minimum absolute atomic E-state index is 0.114. The molecule has 0 amide bonds. The van der Waals surface area contributed by atoms with E-state index in [1.165, 1.54) is 0 Å². The monoisotopic (exact) mass is 379 g/mol. The Morgan fingerprint density at radius 3 is 2.21 bits per heavy atom. The van der Waals surface area contributed by atoms with Crippen molar-refractivity contribution >= 4 is 17.9 Å². The van der Waals surface area contributed by atoms with Crippen LogP contribution in [-0.4, -0.2) is 24.6 Å². The van der Waals surface area contributed by atoms with E-state index in [4.69, 9.17) is 14.2 Å². The zero-order chi connectivity index (χ0) is 20.1. The summed E-state index contributed by atoms with van der Waals surface area (Å²) in [6, 6.07) is 14.9. The van der Waals surface area contributed by atoms with Gasteiger partial charge in [-0.05, 0) is 67.8 Å². The molecule has 146 valence electrons. The molecule has 2 aromatic carbocycles. The summed E-state index contributed by atoms with van der Waals surface area (Å²) in [6.45, 7) is 8.80. The van der Waals surface area contributed by atoms with Crippen LogP contribution < -0.4 is 9.47 Å². The molecule has 0 atom stereocenters. The predicted molar refractivity (Wildman–Crippen MR) is 110 cm³/mol. The maximum atomic E-state index is 12.2. The van der Waals surface area contributed by atoms with Gasteiger partial charge in [0.25, 0.3) is 0 Å². The molecular formula is C23H25NO4. The summed E-state index contributed by atoms with van der Waals surface area (Å²) in [5, 5.41) is 0. The van der Waals surface area contributed by atoms with Gasteiger partial charge in [-0.2, -0.15) is 0 Å². The van der Waals surface area contributed by atoms with Gasteiger partial charge in [0, 0.05) is 5.56 Å². The quantitative estimate of drug-likeness (QED) is 0.510. The lowest BCUT2D eigenvalue weighted by atomic mass is 10.2. The van der Waals surface area contributed by atoms with E-state index in [1.807, 2.05) is 62.4 Å². The Bertz CT molecular complexity index is 878. The van der Waals surface area contributed by atoms with Crippen molar-refractivity contribution in [1.29, 1.82) is 0 Å². The first-order valence-corrected chi connectivity index (χ1v) is 9.43. The fraction of sp³-hybridized carbons (Fsp3) is 0.304. The number of benzene rings is 2. The molecule has 0 bridgehead atoms. The van der Waals surface area contributed by atoms with Gasteiger partial charge in [0.15, 0.2) is 5.70 Å². The minimum Gasteiger partial charge on any atom is -0.493 e. The van der Waals surface area contributed by atoms with E-state index in [0.717, 1.165) is 22.6 Å². The number of hydrogen-bond donors (Lipinski definition) is 0. The Morgan fingerprint density at radius 2 is 1.61 bits per heavy atom. The van der Waals surface area contributed by atoms with Crippen molar-refractivity contribution in [3.63, 3.8) is 0 Å². The van der Waals surface area contributed by atoms with Crippen LogP contribution in [0.3, 0.4) is 0 Å². The van der Waals surface area contributed by atoms with E-state index < -0.39 is 5.97 Å². The van der Waals surface area contributed by atoms with E-state index in [0.29, 0.717) is 18.4 Å². The zero-order valence-electron chi connectivity index (χ0n) is 16.6. The zero-order valence-corrected chi connectivity index (χ0v) is 16.6. The van der Waals surface area contributed by atoms with Gasteiger partial charge in [0.05, 0.1) is 12.7 Å².